The zero-order chi connectivity index (χ0) is 15.3. The number of methoxy groups -OCH3 is 1. The number of nitrogens with zero attached hydrogens (tertiary/aromatic N) is 2. The molecule has 1 aromatic carbocycles. The molecular weight excluding hydrogens is 278 g/mol. The van der Waals surface area contributed by atoms with E-state index in [0.29, 0.717) is 12.2 Å². The average molecular weight is 297 g/mol. The van der Waals surface area contributed by atoms with Crippen molar-refractivity contribution in [3.05, 3.63) is 23.8 Å². The number of sulfonamides is 1. The summed E-state index contributed by atoms with van der Waals surface area (Å²) in [7, 11) is -2.24. The molecule has 0 bridgehead atoms. The molecule has 0 spiro atoms. The van der Waals surface area contributed by atoms with Crippen molar-refractivity contribution in [2.24, 2.45) is 0 Å². The monoisotopic (exact) mass is 297 g/mol. The lowest BCUT2D eigenvalue weighted by Gasteiger charge is -2.27. The lowest BCUT2D eigenvalue weighted by Crippen LogP contribution is -2.41. The molecule has 0 fully saturated rings. The molecule has 0 saturated heterocycles. The van der Waals surface area contributed by atoms with Crippen molar-refractivity contribution < 1.29 is 13.2 Å². The smallest absolute Gasteiger partial charge is 0.244 e. The van der Waals surface area contributed by atoms with E-state index in [1.165, 1.54) is 29.6 Å². The van der Waals surface area contributed by atoms with Gasteiger partial charge in [0.2, 0.25) is 10.0 Å². The Morgan fingerprint density at radius 1 is 1.50 bits per heavy atom. The summed E-state index contributed by atoms with van der Waals surface area (Å²) in [6.45, 7) is 4.08. The maximum atomic E-state index is 12.6. The molecule has 0 aliphatic carbocycles. The first kappa shape index (κ1) is 16.4. The van der Waals surface area contributed by atoms with E-state index in [0.717, 1.165) is 0 Å². The molecule has 20 heavy (non-hydrogen) atoms. The van der Waals surface area contributed by atoms with E-state index in [9.17, 15) is 8.42 Å². The predicted molar refractivity (Wildman–Crippen MR) is 76.5 cm³/mol. The number of benzene rings is 1. The van der Waals surface area contributed by atoms with E-state index in [4.69, 9.17) is 15.7 Å². The van der Waals surface area contributed by atoms with Gasteiger partial charge in [0.1, 0.15) is 11.0 Å². The summed E-state index contributed by atoms with van der Waals surface area (Å²) in [4.78, 5) is -0.0287. The molecule has 0 aliphatic heterocycles. The van der Waals surface area contributed by atoms with Crippen LogP contribution in [0.5, 0.6) is 0 Å². The Morgan fingerprint density at radius 2 is 2.15 bits per heavy atom. The van der Waals surface area contributed by atoms with Gasteiger partial charge in [-0.2, -0.15) is 9.57 Å². The molecule has 1 unspecified atom stereocenters. The Bertz CT molecular complexity index is 608. The van der Waals surface area contributed by atoms with E-state index in [2.05, 4.69) is 0 Å². The molecule has 1 rings (SSSR count). The number of nitrogen functional groups attached to an aromatic ring is 1. The van der Waals surface area contributed by atoms with Crippen molar-refractivity contribution in [3.8, 4) is 6.07 Å². The average Bonchev–Trinajstić information content (AvgIpc) is 2.38. The minimum Gasteiger partial charge on any atom is -0.399 e. The fraction of sp³-hybridized carbons (Fsp3) is 0.462. The van der Waals surface area contributed by atoms with Crippen LogP contribution in [-0.2, 0) is 14.8 Å². The van der Waals surface area contributed by atoms with Crippen LogP contribution in [0.3, 0.4) is 0 Å². The highest BCUT2D eigenvalue weighted by molar-refractivity contribution is 7.89. The van der Waals surface area contributed by atoms with Gasteiger partial charge in [-0.05, 0) is 25.1 Å². The van der Waals surface area contributed by atoms with Crippen LogP contribution < -0.4 is 5.73 Å². The van der Waals surface area contributed by atoms with E-state index >= 15 is 0 Å². The number of rotatable bonds is 6. The Morgan fingerprint density at radius 3 is 2.65 bits per heavy atom. The molecule has 0 heterocycles. The summed E-state index contributed by atoms with van der Waals surface area (Å²) in [5, 5.41) is 9.09. The highest BCUT2D eigenvalue weighted by Gasteiger charge is 2.29. The molecule has 7 heteroatoms. The molecule has 0 saturated carbocycles. The maximum Gasteiger partial charge on any atom is 0.244 e. The molecule has 0 aromatic heterocycles. The van der Waals surface area contributed by atoms with Crippen molar-refractivity contribution in [2.75, 3.05) is 26.0 Å². The van der Waals surface area contributed by atoms with Crippen LogP contribution in [0.4, 0.5) is 5.69 Å². The SMILES string of the molecule is CCN(C(C)COC)S(=O)(=O)c1ccc(N)cc1C#N. The van der Waals surface area contributed by atoms with Crippen LogP contribution in [0.1, 0.15) is 19.4 Å². The van der Waals surface area contributed by atoms with Gasteiger partial charge < -0.3 is 10.5 Å². The number of likely N-dealkylation sites (N-methyl/N-ethyl adjacent to an activating group) is 1. The van der Waals surface area contributed by atoms with Crippen LogP contribution in [0.25, 0.3) is 0 Å². The number of hydrogen-bond donors (Lipinski definition) is 1. The van der Waals surface area contributed by atoms with E-state index in [1.807, 2.05) is 6.07 Å². The Balaban J connectivity index is 3.32. The number of ether oxygens (including phenoxy) is 1. The molecule has 1 aromatic rings. The third-order valence-corrected chi connectivity index (χ3v) is 5.07. The van der Waals surface area contributed by atoms with Crippen LogP contribution >= 0.6 is 0 Å². The predicted octanol–water partition coefficient (Wildman–Crippen LogP) is 1.19. The van der Waals surface area contributed by atoms with Crippen molar-refractivity contribution in [1.29, 1.82) is 5.26 Å². The van der Waals surface area contributed by atoms with Gasteiger partial charge in [-0.1, -0.05) is 6.92 Å². The van der Waals surface area contributed by atoms with Gasteiger partial charge in [-0.25, -0.2) is 8.42 Å². The van der Waals surface area contributed by atoms with Gasteiger partial charge in [0.25, 0.3) is 0 Å². The summed E-state index contributed by atoms with van der Waals surface area (Å²) >= 11 is 0. The van der Waals surface area contributed by atoms with E-state index in [1.54, 1.807) is 13.8 Å². The number of nitriles is 1. The first-order valence-electron chi connectivity index (χ1n) is 6.18. The normalized spacial score (nSPS) is 13.2. The molecule has 110 valence electrons. The second-order valence-corrected chi connectivity index (χ2v) is 6.24. The molecule has 0 amide bonds. The molecule has 2 N–H and O–H groups in total. The van der Waals surface area contributed by atoms with Gasteiger partial charge in [0, 0.05) is 25.4 Å². The highest BCUT2D eigenvalue weighted by atomic mass is 32.2. The van der Waals surface area contributed by atoms with Crippen molar-refractivity contribution >= 4 is 15.7 Å². The van der Waals surface area contributed by atoms with Gasteiger partial charge in [-0.15, -0.1) is 0 Å². The number of anilines is 1. The second-order valence-electron chi connectivity index (χ2n) is 4.38. The quantitative estimate of drug-likeness (QED) is 0.795. The summed E-state index contributed by atoms with van der Waals surface area (Å²) in [5.41, 5.74) is 5.99. The summed E-state index contributed by atoms with van der Waals surface area (Å²) in [6.07, 6.45) is 0. The van der Waals surface area contributed by atoms with Crippen LogP contribution in [-0.4, -0.2) is 39.0 Å². The van der Waals surface area contributed by atoms with Crippen LogP contribution in [0.2, 0.25) is 0 Å². The first-order valence-corrected chi connectivity index (χ1v) is 7.62. The van der Waals surface area contributed by atoms with Gasteiger partial charge in [0.15, 0.2) is 0 Å². The van der Waals surface area contributed by atoms with E-state index in [-0.39, 0.29) is 23.1 Å². The summed E-state index contributed by atoms with van der Waals surface area (Å²) in [6, 6.07) is 5.76. The Hall–Kier alpha value is -1.62. The van der Waals surface area contributed by atoms with Gasteiger partial charge in [-0.3, -0.25) is 0 Å². The van der Waals surface area contributed by atoms with E-state index < -0.39 is 10.0 Å². The van der Waals surface area contributed by atoms with Crippen molar-refractivity contribution in [3.63, 3.8) is 0 Å². The number of nitrogens with two attached hydrogens (primary N) is 1. The van der Waals surface area contributed by atoms with Crippen LogP contribution in [0.15, 0.2) is 23.1 Å². The Labute approximate surface area is 119 Å². The summed E-state index contributed by atoms with van der Waals surface area (Å²) < 4.78 is 31.6. The van der Waals surface area contributed by atoms with Crippen molar-refractivity contribution in [2.45, 2.75) is 24.8 Å². The molecule has 1 atom stereocenters. The first-order chi connectivity index (χ1) is 9.38. The fourth-order valence-electron chi connectivity index (χ4n) is 2.03. The zero-order valence-corrected chi connectivity index (χ0v) is 12.6. The summed E-state index contributed by atoms with van der Waals surface area (Å²) in [5.74, 6) is 0. The Kier molecular flexibility index (Phi) is 5.51. The lowest BCUT2D eigenvalue weighted by atomic mass is 10.2. The van der Waals surface area contributed by atoms with Crippen LogP contribution in [0, 0.1) is 11.3 Å². The molecule has 6 nitrogen and oxygen atoms in total. The van der Waals surface area contributed by atoms with Crippen molar-refractivity contribution in [1.82, 2.24) is 4.31 Å². The fourth-order valence-corrected chi connectivity index (χ4v) is 3.78. The lowest BCUT2D eigenvalue weighted by molar-refractivity contribution is 0.142. The standard InChI is InChI=1S/C13H19N3O3S/c1-4-16(10(2)9-19-3)20(17,18)13-6-5-12(15)7-11(13)8-14/h5-7,10H,4,9,15H2,1-3H3. The molecule has 0 aliphatic rings. The minimum absolute atomic E-state index is 0.0287. The number of hydrogen-bond acceptors (Lipinski definition) is 5. The third-order valence-electron chi connectivity index (χ3n) is 2.92. The molecular formula is C13H19N3O3S. The van der Waals surface area contributed by atoms with Gasteiger partial charge >= 0.3 is 0 Å². The highest BCUT2D eigenvalue weighted by Crippen LogP contribution is 2.23. The van der Waals surface area contributed by atoms with Gasteiger partial charge in [0.05, 0.1) is 12.2 Å². The zero-order valence-electron chi connectivity index (χ0n) is 11.8. The largest absolute Gasteiger partial charge is 0.399 e. The minimum atomic E-state index is -3.76. The second kappa shape index (κ2) is 6.70. The molecule has 0 radical (unpaired) electrons. The topological polar surface area (TPSA) is 96.4 Å². The third kappa shape index (κ3) is 3.28. The maximum absolute atomic E-state index is 12.6.